The predicted octanol–water partition coefficient (Wildman–Crippen LogP) is 3.66. The molecule has 0 saturated heterocycles. The number of nitrogens with one attached hydrogen (secondary N) is 2. The second-order valence-electron chi connectivity index (χ2n) is 6.46. The van der Waals surface area contributed by atoms with Crippen molar-refractivity contribution in [2.75, 3.05) is 5.32 Å². The fraction of sp³-hybridized carbons (Fsp3) is 0.500. The number of urea groups is 1. The van der Waals surface area contributed by atoms with Gasteiger partial charge in [0.2, 0.25) is 0 Å². The molecular formula is C18H25N5O. The lowest BCUT2D eigenvalue weighted by Crippen LogP contribution is -2.34. The van der Waals surface area contributed by atoms with Crippen molar-refractivity contribution in [1.29, 1.82) is 0 Å². The lowest BCUT2D eigenvalue weighted by atomic mass is 10.1. The van der Waals surface area contributed by atoms with E-state index >= 15 is 0 Å². The minimum absolute atomic E-state index is 0.0306. The molecule has 1 atom stereocenters. The highest BCUT2D eigenvalue weighted by Gasteiger charge is 2.34. The lowest BCUT2D eigenvalue weighted by molar-refractivity contribution is 0.246. The number of carbonyl (C=O) groups excluding carboxylic acids is 1. The van der Waals surface area contributed by atoms with Gasteiger partial charge in [-0.15, -0.1) is 0 Å². The van der Waals surface area contributed by atoms with Crippen molar-refractivity contribution < 1.29 is 4.79 Å². The molecule has 128 valence electrons. The van der Waals surface area contributed by atoms with E-state index in [4.69, 9.17) is 0 Å². The first-order chi connectivity index (χ1) is 11.7. The Morgan fingerprint density at radius 2 is 2.21 bits per heavy atom. The van der Waals surface area contributed by atoms with E-state index in [1.165, 1.54) is 0 Å². The van der Waals surface area contributed by atoms with Gasteiger partial charge in [0.05, 0.1) is 17.9 Å². The summed E-state index contributed by atoms with van der Waals surface area (Å²) < 4.78 is 1.83. The number of hydrogen-bond acceptors (Lipinski definition) is 3. The van der Waals surface area contributed by atoms with Crippen molar-refractivity contribution in [3.8, 4) is 0 Å². The minimum atomic E-state index is -0.201. The van der Waals surface area contributed by atoms with Crippen LogP contribution >= 0.6 is 0 Å². The normalized spacial score (nSPS) is 15.1. The largest absolute Gasteiger partial charge is 0.329 e. The van der Waals surface area contributed by atoms with Crippen LogP contribution in [-0.4, -0.2) is 20.8 Å². The number of nitrogens with zero attached hydrogens (tertiary/aromatic N) is 3. The third-order valence-corrected chi connectivity index (χ3v) is 4.32. The van der Waals surface area contributed by atoms with Crippen LogP contribution < -0.4 is 10.6 Å². The van der Waals surface area contributed by atoms with Crippen LogP contribution in [0.2, 0.25) is 0 Å². The monoisotopic (exact) mass is 327 g/mol. The molecule has 2 N–H and O–H groups in total. The summed E-state index contributed by atoms with van der Waals surface area (Å²) in [6.07, 6.45) is 7.92. The average Bonchev–Trinajstić information content (AvgIpc) is 3.31. The first kappa shape index (κ1) is 16.5. The number of anilines is 1. The Balaban J connectivity index is 1.65. The number of aromatic nitrogens is 3. The van der Waals surface area contributed by atoms with Gasteiger partial charge in [0.1, 0.15) is 5.82 Å². The zero-order valence-electron chi connectivity index (χ0n) is 14.3. The number of hydrogen-bond donors (Lipinski definition) is 2. The molecule has 0 aromatic carbocycles. The summed E-state index contributed by atoms with van der Waals surface area (Å²) in [7, 11) is 0. The van der Waals surface area contributed by atoms with E-state index in [1.54, 1.807) is 12.4 Å². The van der Waals surface area contributed by atoms with Gasteiger partial charge in [0, 0.05) is 18.8 Å². The van der Waals surface area contributed by atoms with Crippen molar-refractivity contribution >= 4 is 11.8 Å². The molecule has 1 aliphatic carbocycles. The predicted molar refractivity (Wildman–Crippen MR) is 93.7 cm³/mol. The van der Waals surface area contributed by atoms with Crippen LogP contribution in [0, 0.1) is 12.8 Å². The zero-order valence-corrected chi connectivity index (χ0v) is 14.3. The molecule has 2 aromatic rings. The van der Waals surface area contributed by atoms with Crippen LogP contribution in [0.15, 0.2) is 30.6 Å². The highest BCUT2D eigenvalue weighted by atomic mass is 16.2. The van der Waals surface area contributed by atoms with Crippen LogP contribution in [0.3, 0.4) is 0 Å². The van der Waals surface area contributed by atoms with E-state index in [0.717, 1.165) is 49.3 Å². The maximum absolute atomic E-state index is 12.4. The highest BCUT2D eigenvalue weighted by molar-refractivity contribution is 5.88. The molecule has 1 unspecified atom stereocenters. The first-order valence-corrected chi connectivity index (χ1v) is 8.69. The number of amides is 2. The summed E-state index contributed by atoms with van der Waals surface area (Å²) in [4.78, 5) is 16.9. The van der Waals surface area contributed by atoms with Gasteiger partial charge in [0.15, 0.2) is 0 Å². The molecule has 3 rings (SSSR count). The van der Waals surface area contributed by atoms with Gasteiger partial charge < -0.3 is 5.32 Å². The number of pyridine rings is 1. The number of rotatable bonds is 7. The van der Waals surface area contributed by atoms with E-state index in [-0.39, 0.29) is 12.1 Å². The SMILES string of the molecule is CCCCn1nccc1NC(=O)NC(c1cc(C)ccn1)C1CC1. The second kappa shape index (κ2) is 7.47. The molecule has 2 amide bonds. The standard InChI is InChI=1S/C18H25N5O/c1-3-4-11-23-16(8-10-20-23)21-18(24)22-17(14-5-6-14)15-12-13(2)7-9-19-15/h7-10,12,14,17H,3-6,11H2,1-2H3,(H2,21,22,24). The zero-order chi connectivity index (χ0) is 16.9. The molecule has 1 saturated carbocycles. The average molecular weight is 327 g/mol. The Hall–Kier alpha value is -2.37. The van der Waals surface area contributed by atoms with Gasteiger partial charge in [-0.05, 0) is 49.8 Å². The van der Waals surface area contributed by atoms with Crippen LogP contribution in [0.5, 0.6) is 0 Å². The summed E-state index contributed by atoms with van der Waals surface area (Å²) in [5.74, 6) is 1.21. The first-order valence-electron chi connectivity index (χ1n) is 8.69. The van der Waals surface area contributed by atoms with E-state index in [9.17, 15) is 4.79 Å². The van der Waals surface area contributed by atoms with Crippen LogP contribution in [0.25, 0.3) is 0 Å². The number of carbonyl (C=O) groups is 1. The highest BCUT2D eigenvalue weighted by Crippen LogP contribution is 2.40. The van der Waals surface area contributed by atoms with Crippen molar-refractivity contribution in [3.05, 3.63) is 41.9 Å². The van der Waals surface area contributed by atoms with Gasteiger partial charge in [0.25, 0.3) is 0 Å². The molecule has 0 bridgehead atoms. The topological polar surface area (TPSA) is 71.8 Å². The van der Waals surface area contributed by atoms with E-state index in [1.807, 2.05) is 23.7 Å². The molecular weight excluding hydrogens is 302 g/mol. The van der Waals surface area contributed by atoms with Crippen molar-refractivity contribution in [2.24, 2.45) is 5.92 Å². The molecule has 6 heteroatoms. The smallest absolute Gasteiger partial charge is 0.320 e. The molecule has 0 spiro atoms. The van der Waals surface area contributed by atoms with Crippen molar-refractivity contribution in [2.45, 2.75) is 52.1 Å². The van der Waals surface area contributed by atoms with E-state index in [2.05, 4.69) is 33.7 Å². The Morgan fingerprint density at radius 1 is 1.38 bits per heavy atom. The fourth-order valence-electron chi connectivity index (χ4n) is 2.81. The van der Waals surface area contributed by atoms with Gasteiger partial charge >= 0.3 is 6.03 Å². The van der Waals surface area contributed by atoms with Crippen molar-refractivity contribution in [3.63, 3.8) is 0 Å². The van der Waals surface area contributed by atoms with Crippen molar-refractivity contribution in [1.82, 2.24) is 20.1 Å². The molecule has 2 heterocycles. The molecule has 6 nitrogen and oxygen atoms in total. The number of aryl methyl sites for hydroxylation is 2. The molecule has 0 radical (unpaired) electrons. The third-order valence-electron chi connectivity index (χ3n) is 4.32. The third kappa shape index (κ3) is 4.13. The second-order valence-corrected chi connectivity index (χ2v) is 6.46. The lowest BCUT2D eigenvalue weighted by Gasteiger charge is -2.19. The van der Waals surface area contributed by atoms with Gasteiger partial charge in [-0.25, -0.2) is 9.48 Å². The Labute approximate surface area is 142 Å². The van der Waals surface area contributed by atoms with E-state index in [0.29, 0.717) is 5.92 Å². The molecule has 2 aromatic heterocycles. The Morgan fingerprint density at radius 3 is 2.92 bits per heavy atom. The number of unbranched alkanes of at least 4 members (excludes halogenated alkanes) is 1. The fourth-order valence-corrected chi connectivity index (χ4v) is 2.81. The molecule has 0 aliphatic heterocycles. The van der Waals surface area contributed by atoms with Gasteiger partial charge in [-0.3, -0.25) is 10.3 Å². The summed E-state index contributed by atoms with van der Waals surface area (Å²) >= 11 is 0. The van der Waals surface area contributed by atoms with E-state index < -0.39 is 0 Å². The Bertz CT molecular complexity index is 692. The van der Waals surface area contributed by atoms with Crippen LogP contribution in [-0.2, 0) is 6.54 Å². The molecule has 1 fully saturated rings. The molecule has 1 aliphatic rings. The van der Waals surface area contributed by atoms with Crippen LogP contribution in [0.4, 0.5) is 10.6 Å². The summed E-state index contributed by atoms with van der Waals surface area (Å²) in [6, 6.07) is 5.62. The van der Waals surface area contributed by atoms with Crippen LogP contribution in [0.1, 0.15) is 49.9 Å². The maximum Gasteiger partial charge on any atom is 0.320 e. The maximum atomic E-state index is 12.4. The quantitative estimate of drug-likeness (QED) is 0.815. The Kier molecular flexibility index (Phi) is 5.13. The summed E-state index contributed by atoms with van der Waals surface area (Å²) in [5, 5.41) is 10.3. The summed E-state index contributed by atoms with van der Waals surface area (Å²) in [5.41, 5.74) is 2.10. The summed E-state index contributed by atoms with van der Waals surface area (Å²) in [6.45, 7) is 4.99. The minimum Gasteiger partial charge on any atom is -0.329 e. The van der Waals surface area contributed by atoms with Gasteiger partial charge in [-0.1, -0.05) is 13.3 Å². The van der Waals surface area contributed by atoms with Gasteiger partial charge in [-0.2, -0.15) is 5.10 Å². The molecule has 24 heavy (non-hydrogen) atoms.